The molecular weight excluding hydrogens is 252 g/mol. The molecule has 0 aliphatic carbocycles. The molecule has 2 aromatic rings. The lowest BCUT2D eigenvalue weighted by Crippen LogP contribution is -2.22. The lowest BCUT2D eigenvalue weighted by Gasteiger charge is -2.21. The van der Waals surface area contributed by atoms with E-state index < -0.39 is 0 Å². The highest BCUT2D eigenvalue weighted by Gasteiger charge is 2.14. The van der Waals surface area contributed by atoms with Crippen molar-refractivity contribution in [2.45, 2.75) is 25.9 Å². The summed E-state index contributed by atoms with van der Waals surface area (Å²) < 4.78 is 5.09. The average molecular weight is 272 g/mol. The van der Waals surface area contributed by atoms with Gasteiger partial charge >= 0.3 is 0 Å². The quantitative estimate of drug-likeness (QED) is 0.877. The fraction of sp³-hybridized carbons (Fsp3) is 0.312. The molecule has 20 heavy (non-hydrogen) atoms. The van der Waals surface area contributed by atoms with E-state index in [0.29, 0.717) is 5.75 Å². The number of rotatable bonds is 5. The van der Waals surface area contributed by atoms with Gasteiger partial charge in [-0.1, -0.05) is 12.1 Å². The fourth-order valence-electron chi connectivity index (χ4n) is 2.21. The molecular formula is C16H20N2O2. The Morgan fingerprint density at radius 2 is 2.00 bits per heavy atom. The van der Waals surface area contributed by atoms with Gasteiger partial charge < -0.3 is 15.2 Å². The van der Waals surface area contributed by atoms with Crippen LogP contribution in [0.5, 0.6) is 11.5 Å². The number of benzene rings is 1. The standard InChI is InChI=1S/C16H20N2O2/c1-11(13-5-4-8-17-10-13)18-12(2)15-7-6-14(20-3)9-16(15)19/h4-12,18-19H,1-3H3/t11-,12?/m0/s1. The van der Waals surface area contributed by atoms with E-state index in [1.165, 1.54) is 0 Å². The zero-order chi connectivity index (χ0) is 14.5. The molecule has 2 rings (SSSR count). The number of pyridine rings is 1. The molecule has 0 radical (unpaired) electrons. The smallest absolute Gasteiger partial charge is 0.124 e. The van der Waals surface area contributed by atoms with Crippen LogP contribution in [-0.4, -0.2) is 17.2 Å². The Bertz CT molecular complexity index is 558. The molecule has 0 fully saturated rings. The molecule has 0 bridgehead atoms. The minimum atomic E-state index is 0.0242. The fourth-order valence-corrected chi connectivity index (χ4v) is 2.21. The lowest BCUT2D eigenvalue weighted by atomic mass is 10.0. The van der Waals surface area contributed by atoms with Crippen LogP contribution in [0.15, 0.2) is 42.7 Å². The summed E-state index contributed by atoms with van der Waals surface area (Å²) >= 11 is 0. The Hall–Kier alpha value is -2.07. The normalized spacial score (nSPS) is 13.8. The van der Waals surface area contributed by atoms with E-state index in [1.807, 2.05) is 37.4 Å². The maximum absolute atomic E-state index is 10.0. The predicted octanol–water partition coefficient (Wildman–Crippen LogP) is 3.21. The van der Waals surface area contributed by atoms with Gasteiger partial charge in [0.2, 0.25) is 0 Å². The third kappa shape index (κ3) is 3.27. The summed E-state index contributed by atoms with van der Waals surface area (Å²) in [5.74, 6) is 0.890. The van der Waals surface area contributed by atoms with Crippen LogP contribution in [0.25, 0.3) is 0 Å². The molecule has 0 saturated heterocycles. The number of aromatic hydroxyl groups is 1. The van der Waals surface area contributed by atoms with E-state index in [9.17, 15) is 5.11 Å². The number of nitrogens with zero attached hydrogens (tertiary/aromatic N) is 1. The van der Waals surface area contributed by atoms with Crippen molar-refractivity contribution in [2.24, 2.45) is 0 Å². The molecule has 4 heteroatoms. The van der Waals surface area contributed by atoms with Crippen molar-refractivity contribution in [1.29, 1.82) is 0 Å². The van der Waals surface area contributed by atoms with Crippen molar-refractivity contribution in [2.75, 3.05) is 7.11 Å². The molecule has 1 aromatic carbocycles. The molecule has 0 aliphatic rings. The maximum Gasteiger partial charge on any atom is 0.124 e. The zero-order valence-electron chi connectivity index (χ0n) is 12.0. The second-order valence-electron chi connectivity index (χ2n) is 4.82. The summed E-state index contributed by atoms with van der Waals surface area (Å²) in [6.07, 6.45) is 3.60. The van der Waals surface area contributed by atoms with Crippen molar-refractivity contribution in [1.82, 2.24) is 10.3 Å². The van der Waals surface area contributed by atoms with E-state index in [1.54, 1.807) is 19.4 Å². The molecule has 0 amide bonds. The van der Waals surface area contributed by atoms with Crippen LogP contribution in [-0.2, 0) is 0 Å². The van der Waals surface area contributed by atoms with Crippen molar-refractivity contribution in [3.8, 4) is 11.5 Å². The number of phenolic OH excluding ortho intramolecular Hbond substituents is 1. The number of hydrogen-bond acceptors (Lipinski definition) is 4. The van der Waals surface area contributed by atoms with Gasteiger partial charge in [-0.15, -0.1) is 0 Å². The van der Waals surface area contributed by atoms with E-state index >= 15 is 0 Å². The Morgan fingerprint density at radius 1 is 1.20 bits per heavy atom. The van der Waals surface area contributed by atoms with Crippen molar-refractivity contribution < 1.29 is 9.84 Å². The third-order valence-electron chi connectivity index (χ3n) is 3.39. The van der Waals surface area contributed by atoms with Gasteiger partial charge in [0.05, 0.1) is 7.11 Å². The van der Waals surface area contributed by atoms with Gasteiger partial charge in [-0.2, -0.15) is 0 Å². The molecule has 4 nitrogen and oxygen atoms in total. The first kappa shape index (κ1) is 14.3. The first-order valence-corrected chi connectivity index (χ1v) is 6.64. The highest BCUT2D eigenvalue weighted by molar-refractivity contribution is 5.41. The van der Waals surface area contributed by atoms with Gasteiger partial charge in [0.25, 0.3) is 0 Å². The second kappa shape index (κ2) is 6.39. The van der Waals surface area contributed by atoms with Gasteiger partial charge in [0, 0.05) is 36.1 Å². The Labute approximate surface area is 119 Å². The summed E-state index contributed by atoms with van der Waals surface area (Å²) in [6, 6.07) is 9.48. The second-order valence-corrected chi connectivity index (χ2v) is 4.82. The van der Waals surface area contributed by atoms with Crippen LogP contribution in [0.4, 0.5) is 0 Å². The maximum atomic E-state index is 10.0. The topological polar surface area (TPSA) is 54.4 Å². The van der Waals surface area contributed by atoms with Crippen LogP contribution in [0.2, 0.25) is 0 Å². The predicted molar refractivity (Wildman–Crippen MR) is 78.9 cm³/mol. The summed E-state index contributed by atoms with van der Waals surface area (Å²) in [4.78, 5) is 4.12. The minimum Gasteiger partial charge on any atom is -0.507 e. The van der Waals surface area contributed by atoms with Crippen molar-refractivity contribution >= 4 is 0 Å². The van der Waals surface area contributed by atoms with Crippen molar-refractivity contribution in [3.05, 3.63) is 53.9 Å². The lowest BCUT2D eigenvalue weighted by molar-refractivity contribution is 0.402. The van der Waals surface area contributed by atoms with E-state index in [4.69, 9.17) is 4.74 Å². The molecule has 2 atom stereocenters. The minimum absolute atomic E-state index is 0.0242. The summed E-state index contributed by atoms with van der Waals surface area (Å²) in [5.41, 5.74) is 1.97. The zero-order valence-corrected chi connectivity index (χ0v) is 12.0. The highest BCUT2D eigenvalue weighted by Crippen LogP contribution is 2.29. The van der Waals surface area contributed by atoms with Crippen molar-refractivity contribution in [3.63, 3.8) is 0 Å². The first-order valence-electron chi connectivity index (χ1n) is 6.64. The SMILES string of the molecule is COc1ccc(C(C)N[C@@H](C)c2cccnc2)c(O)c1. The van der Waals surface area contributed by atoms with Crippen LogP contribution < -0.4 is 10.1 Å². The Morgan fingerprint density at radius 3 is 2.60 bits per heavy atom. The highest BCUT2D eigenvalue weighted by atomic mass is 16.5. The monoisotopic (exact) mass is 272 g/mol. The van der Waals surface area contributed by atoms with Gasteiger partial charge in [0.1, 0.15) is 11.5 Å². The third-order valence-corrected chi connectivity index (χ3v) is 3.39. The number of methoxy groups -OCH3 is 1. The Kier molecular flexibility index (Phi) is 4.58. The van der Waals surface area contributed by atoms with Crippen LogP contribution in [0, 0.1) is 0 Å². The molecule has 1 unspecified atom stereocenters. The number of aromatic nitrogens is 1. The summed E-state index contributed by atoms with van der Waals surface area (Å²) in [7, 11) is 1.58. The molecule has 0 spiro atoms. The number of ether oxygens (including phenoxy) is 1. The largest absolute Gasteiger partial charge is 0.507 e. The molecule has 0 saturated carbocycles. The summed E-state index contributed by atoms with van der Waals surface area (Å²) in [5, 5.41) is 13.5. The number of nitrogens with one attached hydrogen (secondary N) is 1. The van der Waals surface area contributed by atoms with Gasteiger partial charge in [-0.25, -0.2) is 0 Å². The average Bonchev–Trinajstić information content (AvgIpc) is 2.47. The number of phenols is 1. The van der Waals surface area contributed by atoms with Crippen LogP contribution in [0.1, 0.15) is 37.1 Å². The first-order chi connectivity index (χ1) is 9.61. The molecule has 1 heterocycles. The van der Waals surface area contributed by atoms with Gasteiger partial charge in [0.15, 0.2) is 0 Å². The van der Waals surface area contributed by atoms with Crippen LogP contribution >= 0.6 is 0 Å². The molecule has 106 valence electrons. The van der Waals surface area contributed by atoms with E-state index in [-0.39, 0.29) is 17.8 Å². The van der Waals surface area contributed by atoms with Gasteiger partial charge in [-0.05, 0) is 31.5 Å². The van der Waals surface area contributed by atoms with Gasteiger partial charge in [-0.3, -0.25) is 4.98 Å². The molecule has 1 aromatic heterocycles. The Balaban J connectivity index is 2.10. The van der Waals surface area contributed by atoms with E-state index in [0.717, 1.165) is 11.1 Å². The van der Waals surface area contributed by atoms with Crippen LogP contribution in [0.3, 0.4) is 0 Å². The molecule has 2 N–H and O–H groups in total. The summed E-state index contributed by atoms with van der Waals surface area (Å²) in [6.45, 7) is 4.10. The number of hydrogen-bond donors (Lipinski definition) is 2. The van der Waals surface area contributed by atoms with E-state index in [2.05, 4.69) is 17.2 Å². The molecule has 0 aliphatic heterocycles.